The van der Waals surface area contributed by atoms with E-state index in [1.807, 2.05) is 35.0 Å². The number of fused-ring (bicyclic) bond motifs is 3. The van der Waals surface area contributed by atoms with Gasteiger partial charge in [-0.25, -0.2) is 9.78 Å². The van der Waals surface area contributed by atoms with Gasteiger partial charge >= 0.3 is 6.09 Å². The van der Waals surface area contributed by atoms with E-state index in [2.05, 4.69) is 56.3 Å². The van der Waals surface area contributed by atoms with Crippen LogP contribution in [0.15, 0.2) is 48.9 Å². The first kappa shape index (κ1) is 35.0. The number of aromatic nitrogens is 3. The summed E-state index contributed by atoms with van der Waals surface area (Å²) in [4.78, 5) is 35.7. The van der Waals surface area contributed by atoms with E-state index in [9.17, 15) is 9.59 Å². The number of amides is 2. The average molecular weight is 670 g/mol. The van der Waals surface area contributed by atoms with Crippen LogP contribution in [0.5, 0.6) is 5.75 Å². The summed E-state index contributed by atoms with van der Waals surface area (Å²) in [5, 5.41) is 4.56. The smallest absolute Gasteiger partial charge is 0.409 e. The van der Waals surface area contributed by atoms with Crippen LogP contribution in [0, 0.1) is 18.3 Å². The predicted octanol–water partition coefficient (Wildman–Crippen LogP) is 8.51. The molecule has 2 aromatic heterocycles. The number of hydrogen-bond donors (Lipinski definition) is 0. The maximum atomic E-state index is 14.6. The lowest BCUT2D eigenvalue weighted by molar-refractivity contribution is -0.124. The molecular weight excluding hydrogens is 614 g/mol. The molecule has 264 valence electrons. The number of carbonyl (C=O) groups excluding carboxylic acids is 2. The molecule has 0 atom stereocenters. The van der Waals surface area contributed by atoms with Crippen LogP contribution in [0.1, 0.15) is 109 Å². The number of nitrogens with zero attached hydrogens (tertiary/aromatic N) is 5. The molecule has 49 heavy (non-hydrogen) atoms. The highest BCUT2D eigenvalue weighted by Gasteiger charge is 2.51. The number of carbonyl (C=O) groups is 2. The number of methoxy groups -OCH3 is 1. The number of rotatable bonds is 11. The van der Waals surface area contributed by atoms with Gasteiger partial charge in [0.05, 0.1) is 13.3 Å². The first-order valence-corrected chi connectivity index (χ1v) is 18.4. The van der Waals surface area contributed by atoms with Crippen molar-refractivity contribution in [2.75, 3.05) is 32.1 Å². The monoisotopic (exact) mass is 669 g/mol. The molecule has 4 fully saturated rings. The molecule has 4 saturated carbocycles. The lowest BCUT2D eigenvalue weighted by Crippen LogP contribution is -2.52. The number of anilines is 1. The molecule has 0 unspecified atom stereocenters. The molecule has 0 spiro atoms. The number of hydrogen-bond acceptors (Lipinski definition) is 6. The molecule has 0 radical (unpaired) electrons. The van der Waals surface area contributed by atoms with E-state index in [0.717, 1.165) is 67.6 Å². The Morgan fingerprint density at radius 2 is 1.71 bits per heavy atom. The van der Waals surface area contributed by atoms with Crippen LogP contribution < -0.4 is 9.64 Å². The summed E-state index contributed by atoms with van der Waals surface area (Å²) in [7, 11) is 3.52. The number of ether oxygens (including phenoxy) is 2. The third-order valence-electron chi connectivity index (χ3n) is 11.8. The van der Waals surface area contributed by atoms with Crippen molar-refractivity contribution in [3.8, 4) is 16.9 Å². The Kier molecular flexibility index (Phi) is 10.4. The second kappa shape index (κ2) is 14.5. The molecule has 2 heterocycles. The van der Waals surface area contributed by atoms with Crippen LogP contribution in [-0.4, -0.2) is 65.0 Å². The molecule has 4 aliphatic carbocycles. The molecule has 4 aliphatic rings. The van der Waals surface area contributed by atoms with Crippen molar-refractivity contribution in [2.45, 2.75) is 116 Å². The minimum atomic E-state index is -0.269. The Labute approximate surface area is 292 Å². The van der Waals surface area contributed by atoms with Crippen LogP contribution in [0.3, 0.4) is 0 Å². The Balaban J connectivity index is 1.22. The average Bonchev–Trinajstić information content (AvgIpc) is 3.63. The van der Waals surface area contributed by atoms with E-state index >= 15 is 0 Å². The topological polar surface area (TPSA) is 89.8 Å². The van der Waals surface area contributed by atoms with Crippen LogP contribution in [0.2, 0.25) is 0 Å². The Bertz CT molecular complexity index is 1600. The molecule has 0 saturated heterocycles. The number of aryl methyl sites for hydroxylation is 1. The molecule has 9 heteroatoms. The fourth-order valence-electron chi connectivity index (χ4n) is 8.57. The van der Waals surface area contributed by atoms with Crippen molar-refractivity contribution >= 4 is 17.8 Å². The van der Waals surface area contributed by atoms with E-state index in [-0.39, 0.29) is 40.9 Å². The van der Waals surface area contributed by atoms with Gasteiger partial charge in [-0.1, -0.05) is 19.1 Å². The van der Waals surface area contributed by atoms with E-state index in [4.69, 9.17) is 14.5 Å². The third kappa shape index (κ3) is 7.36. The molecule has 2 bridgehead atoms. The van der Waals surface area contributed by atoms with Crippen LogP contribution in [0.4, 0.5) is 10.6 Å². The molecular formula is C40H55N5O4. The number of pyridine rings is 1. The summed E-state index contributed by atoms with van der Waals surface area (Å²) in [6.45, 7) is 9.78. The van der Waals surface area contributed by atoms with Crippen molar-refractivity contribution in [2.24, 2.45) is 11.3 Å². The lowest BCUT2D eigenvalue weighted by Gasteiger charge is -2.55. The molecule has 9 nitrogen and oxygen atoms in total. The predicted molar refractivity (Wildman–Crippen MR) is 193 cm³/mol. The molecule has 3 aromatic rings. The standard InChI is InChI=1S/C40H55N5O4/c1-7-22-43(5)38(47)49-34-11-8-30(9-12-34)37(46)44(36-24-31(14-21-41-36)32-25-42-45(26-32)28(2)3)27-39-15-18-40(19-16-39,20-17-39)33-10-13-35(48-6)29(4)23-33/h10,13-14,21,23-26,28,30,34H,7-9,11-12,15-20,22,27H2,1-6H3. The molecule has 2 amide bonds. The SMILES string of the molecule is CCCN(C)C(=O)OC1CCC(C(=O)N(CC23CCC(c4ccc(OC)c(C)c4)(CC2)CC3)c2cc(-c3cnn(C(C)C)c3)ccn2)CC1. The summed E-state index contributed by atoms with van der Waals surface area (Å²) < 4.78 is 13.3. The normalized spacial score (nSPS) is 24.9. The van der Waals surface area contributed by atoms with E-state index in [0.29, 0.717) is 38.8 Å². The highest BCUT2D eigenvalue weighted by Crippen LogP contribution is 2.58. The first-order valence-electron chi connectivity index (χ1n) is 18.4. The Morgan fingerprint density at radius 3 is 2.33 bits per heavy atom. The second-order valence-electron chi connectivity index (χ2n) is 15.4. The lowest BCUT2D eigenvalue weighted by atomic mass is 9.51. The van der Waals surface area contributed by atoms with Gasteiger partial charge in [0, 0.05) is 50.1 Å². The molecule has 1 aromatic carbocycles. The highest BCUT2D eigenvalue weighted by atomic mass is 16.6. The molecule has 0 N–H and O–H groups in total. The van der Waals surface area contributed by atoms with Gasteiger partial charge in [0.15, 0.2) is 0 Å². The van der Waals surface area contributed by atoms with Crippen LogP contribution in [0.25, 0.3) is 11.1 Å². The largest absolute Gasteiger partial charge is 0.496 e. The van der Waals surface area contributed by atoms with Crippen molar-refractivity contribution in [1.82, 2.24) is 19.7 Å². The van der Waals surface area contributed by atoms with Gasteiger partial charge in [0.1, 0.15) is 17.7 Å². The van der Waals surface area contributed by atoms with Crippen molar-refractivity contribution < 1.29 is 19.1 Å². The summed E-state index contributed by atoms with van der Waals surface area (Å²) in [5.41, 5.74) is 4.92. The number of benzene rings is 1. The van der Waals surface area contributed by atoms with Crippen LogP contribution in [-0.2, 0) is 14.9 Å². The second-order valence-corrected chi connectivity index (χ2v) is 15.4. The fourth-order valence-corrected chi connectivity index (χ4v) is 8.57. The van der Waals surface area contributed by atoms with Crippen molar-refractivity contribution in [1.29, 1.82) is 0 Å². The van der Waals surface area contributed by atoms with Crippen molar-refractivity contribution in [3.05, 3.63) is 60.0 Å². The van der Waals surface area contributed by atoms with Gasteiger partial charge in [-0.15, -0.1) is 0 Å². The van der Waals surface area contributed by atoms with Gasteiger partial charge < -0.3 is 14.4 Å². The van der Waals surface area contributed by atoms with Crippen molar-refractivity contribution in [3.63, 3.8) is 0 Å². The molecule has 0 aliphatic heterocycles. The molecule has 7 rings (SSSR count). The van der Waals surface area contributed by atoms with E-state index in [1.54, 1.807) is 19.1 Å². The van der Waals surface area contributed by atoms with Crippen LogP contribution >= 0.6 is 0 Å². The first-order chi connectivity index (χ1) is 23.5. The fraction of sp³-hybridized carbons (Fsp3) is 0.600. The summed E-state index contributed by atoms with van der Waals surface area (Å²) >= 11 is 0. The Hall–Kier alpha value is -3.88. The van der Waals surface area contributed by atoms with Gasteiger partial charge in [-0.05, 0) is 137 Å². The minimum absolute atomic E-state index is 0.0652. The van der Waals surface area contributed by atoms with Gasteiger partial charge in [-0.3, -0.25) is 14.4 Å². The maximum absolute atomic E-state index is 14.6. The van der Waals surface area contributed by atoms with Gasteiger partial charge in [-0.2, -0.15) is 5.10 Å². The maximum Gasteiger partial charge on any atom is 0.409 e. The zero-order valence-corrected chi connectivity index (χ0v) is 30.4. The zero-order valence-electron chi connectivity index (χ0n) is 30.4. The zero-order chi connectivity index (χ0) is 34.8. The Morgan fingerprint density at radius 1 is 1.00 bits per heavy atom. The third-order valence-corrected chi connectivity index (χ3v) is 11.8. The summed E-state index contributed by atoms with van der Waals surface area (Å²) in [5.74, 6) is 1.69. The summed E-state index contributed by atoms with van der Waals surface area (Å²) in [6.07, 6.45) is 15.8. The van der Waals surface area contributed by atoms with Gasteiger partial charge in [0.2, 0.25) is 5.91 Å². The minimum Gasteiger partial charge on any atom is -0.496 e. The van der Waals surface area contributed by atoms with Gasteiger partial charge in [0.25, 0.3) is 0 Å². The van der Waals surface area contributed by atoms with E-state index in [1.165, 1.54) is 11.1 Å². The highest BCUT2D eigenvalue weighted by molar-refractivity contribution is 5.95. The summed E-state index contributed by atoms with van der Waals surface area (Å²) in [6, 6.07) is 11.1. The van der Waals surface area contributed by atoms with E-state index < -0.39 is 0 Å². The quantitative estimate of drug-likeness (QED) is 0.203.